The Kier molecular flexibility index (Phi) is 8.18. The molecule has 3 aromatic rings. The van der Waals surface area contributed by atoms with E-state index in [9.17, 15) is 9.59 Å². The Hall–Kier alpha value is -2.96. The van der Waals surface area contributed by atoms with Gasteiger partial charge in [0.25, 0.3) is 5.91 Å². The quantitative estimate of drug-likeness (QED) is 0.354. The molecule has 0 saturated carbocycles. The van der Waals surface area contributed by atoms with Gasteiger partial charge in [0.15, 0.2) is 0 Å². The van der Waals surface area contributed by atoms with Gasteiger partial charge in [0.2, 0.25) is 0 Å². The number of ether oxygens (including phenoxy) is 2. The molecule has 5 nitrogen and oxygen atoms in total. The fourth-order valence-electron chi connectivity index (χ4n) is 2.95. The number of hydrogen-bond acceptors (Lipinski definition) is 5. The topological polar surface area (TPSA) is 64.6 Å². The van der Waals surface area contributed by atoms with E-state index in [1.807, 2.05) is 36.4 Å². The molecule has 0 spiro atoms. The van der Waals surface area contributed by atoms with E-state index in [2.05, 4.69) is 5.32 Å². The van der Waals surface area contributed by atoms with Crippen LogP contribution < -0.4 is 5.32 Å². The van der Waals surface area contributed by atoms with Crippen molar-refractivity contribution in [2.24, 2.45) is 0 Å². The molecule has 0 radical (unpaired) electrons. The molecule has 0 aliphatic heterocycles. The molecule has 0 saturated heterocycles. The molecule has 30 heavy (non-hydrogen) atoms. The third-order valence-electron chi connectivity index (χ3n) is 4.44. The molecule has 0 atom stereocenters. The maximum absolute atomic E-state index is 12.6. The first kappa shape index (κ1) is 21.7. The SMILES string of the molecule is CCOC(=O)c1csc(CCCOCc2ccccc2)c1NC(=O)c1ccccc1. The lowest BCUT2D eigenvalue weighted by atomic mass is 10.1. The molecule has 156 valence electrons. The number of esters is 1. The number of amides is 1. The zero-order valence-corrected chi connectivity index (χ0v) is 17.7. The number of anilines is 1. The predicted octanol–water partition coefficient (Wildman–Crippen LogP) is 5.33. The molecule has 1 heterocycles. The summed E-state index contributed by atoms with van der Waals surface area (Å²) in [6.45, 7) is 3.20. The van der Waals surface area contributed by atoms with E-state index in [1.54, 1.807) is 36.6 Å². The van der Waals surface area contributed by atoms with Gasteiger partial charge < -0.3 is 14.8 Å². The minimum absolute atomic E-state index is 0.249. The van der Waals surface area contributed by atoms with Crippen molar-refractivity contribution in [2.45, 2.75) is 26.4 Å². The zero-order chi connectivity index (χ0) is 21.2. The largest absolute Gasteiger partial charge is 0.462 e. The monoisotopic (exact) mass is 423 g/mol. The lowest BCUT2D eigenvalue weighted by Gasteiger charge is -2.10. The zero-order valence-electron chi connectivity index (χ0n) is 16.9. The number of benzene rings is 2. The van der Waals surface area contributed by atoms with Crippen LogP contribution in [0.2, 0.25) is 0 Å². The highest BCUT2D eigenvalue weighted by Gasteiger charge is 2.21. The summed E-state index contributed by atoms with van der Waals surface area (Å²) in [6, 6.07) is 19.0. The Morgan fingerprint density at radius 2 is 1.70 bits per heavy atom. The van der Waals surface area contributed by atoms with Gasteiger partial charge in [0, 0.05) is 22.4 Å². The maximum atomic E-state index is 12.6. The van der Waals surface area contributed by atoms with Crippen molar-refractivity contribution >= 4 is 28.9 Å². The summed E-state index contributed by atoms with van der Waals surface area (Å²) in [4.78, 5) is 25.9. The molecular formula is C24H25NO4S. The van der Waals surface area contributed by atoms with E-state index < -0.39 is 5.97 Å². The minimum atomic E-state index is -0.427. The first-order chi connectivity index (χ1) is 14.7. The Balaban J connectivity index is 1.64. The molecule has 6 heteroatoms. The second kappa shape index (κ2) is 11.3. The number of nitrogens with one attached hydrogen (secondary N) is 1. The van der Waals surface area contributed by atoms with Gasteiger partial charge in [0.1, 0.15) is 0 Å². The molecule has 0 bridgehead atoms. The van der Waals surface area contributed by atoms with Gasteiger partial charge in [-0.3, -0.25) is 4.79 Å². The van der Waals surface area contributed by atoms with Gasteiger partial charge in [-0.1, -0.05) is 48.5 Å². The summed E-state index contributed by atoms with van der Waals surface area (Å²) in [5, 5.41) is 4.66. The second-order valence-electron chi connectivity index (χ2n) is 6.63. The van der Waals surface area contributed by atoms with Gasteiger partial charge in [-0.25, -0.2) is 4.79 Å². The number of aryl methyl sites for hydroxylation is 1. The molecule has 0 fully saturated rings. The molecular weight excluding hydrogens is 398 g/mol. The lowest BCUT2D eigenvalue weighted by Crippen LogP contribution is -2.16. The number of hydrogen-bond donors (Lipinski definition) is 1. The predicted molar refractivity (Wildman–Crippen MR) is 119 cm³/mol. The highest BCUT2D eigenvalue weighted by molar-refractivity contribution is 7.11. The van der Waals surface area contributed by atoms with Gasteiger partial charge in [-0.15, -0.1) is 11.3 Å². The fraction of sp³-hybridized carbons (Fsp3) is 0.250. The van der Waals surface area contributed by atoms with Crippen LogP contribution in [0.5, 0.6) is 0 Å². The number of thiophene rings is 1. The van der Waals surface area contributed by atoms with Crippen molar-refractivity contribution in [1.29, 1.82) is 0 Å². The van der Waals surface area contributed by atoms with Crippen LogP contribution in [0, 0.1) is 0 Å². The molecule has 1 N–H and O–H groups in total. The molecule has 1 amide bonds. The summed E-state index contributed by atoms with van der Waals surface area (Å²) >= 11 is 1.45. The smallest absolute Gasteiger partial charge is 0.341 e. The second-order valence-corrected chi connectivity index (χ2v) is 7.59. The Bertz CT molecular complexity index is 954. The molecule has 2 aromatic carbocycles. The van der Waals surface area contributed by atoms with Crippen molar-refractivity contribution < 1.29 is 19.1 Å². The third kappa shape index (κ3) is 6.02. The van der Waals surface area contributed by atoms with Crippen LogP contribution in [0.15, 0.2) is 66.0 Å². The Morgan fingerprint density at radius 1 is 1.00 bits per heavy atom. The van der Waals surface area contributed by atoms with Crippen LogP contribution in [-0.2, 0) is 22.5 Å². The first-order valence-corrected chi connectivity index (χ1v) is 10.8. The normalized spacial score (nSPS) is 10.6. The van der Waals surface area contributed by atoms with Crippen LogP contribution in [0.1, 0.15) is 44.5 Å². The summed E-state index contributed by atoms with van der Waals surface area (Å²) < 4.78 is 10.9. The maximum Gasteiger partial charge on any atom is 0.341 e. The van der Waals surface area contributed by atoms with Crippen LogP contribution in [0.3, 0.4) is 0 Å². The van der Waals surface area contributed by atoms with Crippen LogP contribution in [0.25, 0.3) is 0 Å². The van der Waals surface area contributed by atoms with E-state index >= 15 is 0 Å². The van der Waals surface area contributed by atoms with Crippen LogP contribution in [0.4, 0.5) is 5.69 Å². The fourth-order valence-corrected chi connectivity index (χ4v) is 3.97. The van der Waals surface area contributed by atoms with E-state index in [-0.39, 0.29) is 12.5 Å². The van der Waals surface area contributed by atoms with Crippen LogP contribution in [-0.4, -0.2) is 25.1 Å². The van der Waals surface area contributed by atoms with E-state index in [4.69, 9.17) is 9.47 Å². The third-order valence-corrected chi connectivity index (χ3v) is 5.49. The summed E-state index contributed by atoms with van der Waals surface area (Å²) in [6.07, 6.45) is 1.48. The van der Waals surface area contributed by atoms with Crippen molar-refractivity contribution in [1.82, 2.24) is 0 Å². The average molecular weight is 424 g/mol. The summed E-state index contributed by atoms with van der Waals surface area (Å²) in [5.74, 6) is -0.676. The standard InChI is InChI=1S/C24H25NO4S/c1-2-29-24(27)20-17-30-21(14-9-15-28-16-18-10-5-3-6-11-18)22(20)25-23(26)19-12-7-4-8-13-19/h3-8,10-13,17H,2,9,14-16H2,1H3,(H,25,26). The Morgan fingerprint density at radius 3 is 2.40 bits per heavy atom. The molecule has 1 aromatic heterocycles. The highest BCUT2D eigenvalue weighted by atomic mass is 32.1. The van der Waals surface area contributed by atoms with E-state index in [0.717, 1.165) is 16.9 Å². The average Bonchev–Trinajstić information content (AvgIpc) is 3.17. The van der Waals surface area contributed by atoms with Gasteiger partial charge in [-0.05, 0) is 37.5 Å². The first-order valence-electron chi connectivity index (χ1n) is 9.94. The molecule has 3 rings (SSSR count). The van der Waals surface area contributed by atoms with Crippen LogP contribution >= 0.6 is 11.3 Å². The van der Waals surface area contributed by atoms with Gasteiger partial charge >= 0.3 is 5.97 Å². The van der Waals surface area contributed by atoms with Crippen molar-refractivity contribution in [3.8, 4) is 0 Å². The molecule has 0 unspecified atom stereocenters. The van der Waals surface area contributed by atoms with E-state index in [0.29, 0.717) is 36.4 Å². The minimum Gasteiger partial charge on any atom is -0.462 e. The molecule has 0 aliphatic carbocycles. The highest BCUT2D eigenvalue weighted by Crippen LogP contribution is 2.31. The van der Waals surface area contributed by atoms with Crippen molar-refractivity contribution in [3.05, 3.63) is 87.6 Å². The summed E-state index contributed by atoms with van der Waals surface area (Å²) in [5.41, 5.74) is 2.60. The number of rotatable bonds is 10. The van der Waals surface area contributed by atoms with E-state index in [1.165, 1.54) is 11.3 Å². The van der Waals surface area contributed by atoms with Crippen molar-refractivity contribution in [3.63, 3.8) is 0 Å². The Labute approximate surface area is 180 Å². The summed E-state index contributed by atoms with van der Waals surface area (Å²) in [7, 11) is 0. The van der Waals surface area contributed by atoms with Gasteiger partial charge in [-0.2, -0.15) is 0 Å². The lowest BCUT2D eigenvalue weighted by molar-refractivity contribution is 0.0528. The number of carbonyl (C=O) groups is 2. The molecule has 0 aliphatic rings. The van der Waals surface area contributed by atoms with Crippen molar-refractivity contribution in [2.75, 3.05) is 18.5 Å². The number of carbonyl (C=O) groups excluding carboxylic acids is 2. The van der Waals surface area contributed by atoms with Gasteiger partial charge in [0.05, 0.1) is 24.5 Å².